The summed E-state index contributed by atoms with van der Waals surface area (Å²) in [5, 5.41) is 8.13. The largest absolute Gasteiger partial charge is 0.421 e. The Morgan fingerprint density at radius 2 is 2.00 bits per heavy atom. The zero-order valence-corrected chi connectivity index (χ0v) is 12.2. The Bertz CT molecular complexity index is 630. The minimum atomic E-state index is 0.183. The number of carbonyl (C=O) groups excluding carboxylic acids is 1. The highest BCUT2D eigenvalue weighted by atomic mass is 16.4. The molecule has 1 amide bonds. The number of nitrogens with zero attached hydrogens (tertiary/aromatic N) is 3. The Labute approximate surface area is 124 Å². The van der Waals surface area contributed by atoms with Gasteiger partial charge >= 0.3 is 0 Å². The van der Waals surface area contributed by atoms with E-state index < -0.39 is 0 Å². The lowest BCUT2D eigenvalue weighted by molar-refractivity contribution is -0.130. The van der Waals surface area contributed by atoms with Gasteiger partial charge in [0.25, 0.3) is 0 Å². The van der Waals surface area contributed by atoms with Gasteiger partial charge in [0.15, 0.2) is 0 Å². The molecule has 21 heavy (non-hydrogen) atoms. The van der Waals surface area contributed by atoms with Crippen molar-refractivity contribution in [3.8, 4) is 11.5 Å². The van der Waals surface area contributed by atoms with Crippen molar-refractivity contribution in [1.29, 1.82) is 0 Å². The lowest BCUT2D eigenvalue weighted by Crippen LogP contribution is -2.27. The van der Waals surface area contributed by atoms with E-state index in [-0.39, 0.29) is 5.91 Å². The van der Waals surface area contributed by atoms with Crippen LogP contribution in [0.2, 0.25) is 0 Å². The molecule has 5 nitrogen and oxygen atoms in total. The van der Waals surface area contributed by atoms with E-state index in [4.69, 9.17) is 4.42 Å². The fourth-order valence-electron chi connectivity index (χ4n) is 2.61. The molecule has 0 unspecified atom stereocenters. The van der Waals surface area contributed by atoms with Crippen molar-refractivity contribution in [2.45, 2.75) is 32.6 Å². The summed E-state index contributed by atoms with van der Waals surface area (Å²) in [5.74, 6) is 1.24. The quantitative estimate of drug-likeness (QED) is 0.866. The zero-order valence-electron chi connectivity index (χ0n) is 12.2. The van der Waals surface area contributed by atoms with Crippen molar-refractivity contribution >= 4 is 5.91 Å². The molecule has 0 aliphatic carbocycles. The molecule has 0 bridgehead atoms. The summed E-state index contributed by atoms with van der Waals surface area (Å²) in [6, 6.07) is 7.89. The number of likely N-dealkylation sites (tertiary alicyclic amines) is 1. The van der Waals surface area contributed by atoms with Crippen molar-refractivity contribution < 1.29 is 9.21 Å². The first-order valence-corrected chi connectivity index (χ1v) is 7.40. The van der Waals surface area contributed by atoms with Crippen molar-refractivity contribution in [1.82, 2.24) is 15.1 Å². The lowest BCUT2D eigenvalue weighted by Gasteiger charge is -2.13. The number of rotatable bonds is 4. The average molecular weight is 285 g/mol. The molecule has 2 heterocycles. The van der Waals surface area contributed by atoms with Crippen LogP contribution in [0.5, 0.6) is 0 Å². The van der Waals surface area contributed by atoms with Crippen LogP contribution in [0.3, 0.4) is 0 Å². The Morgan fingerprint density at radius 3 is 2.76 bits per heavy atom. The fraction of sp³-hybridized carbons (Fsp3) is 0.438. The summed E-state index contributed by atoms with van der Waals surface area (Å²) in [4.78, 5) is 13.9. The lowest BCUT2D eigenvalue weighted by atomic mass is 10.1. The van der Waals surface area contributed by atoms with Crippen LogP contribution in [0.1, 0.15) is 30.7 Å². The smallest absolute Gasteiger partial charge is 0.247 e. The Kier molecular flexibility index (Phi) is 3.99. The first-order chi connectivity index (χ1) is 10.2. The topological polar surface area (TPSA) is 59.2 Å². The molecule has 1 aliphatic rings. The van der Waals surface area contributed by atoms with Crippen molar-refractivity contribution in [3.05, 3.63) is 35.7 Å². The van der Waals surface area contributed by atoms with Crippen LogP contribution in [-0.2, 0) is 11.2 Å². The van der Waals surface area contributed by atoms with Gasteiger partial charge in [-0.25, -0.2) is 0 Å². The van der Waals surface area contributed by atoms with E-state index in [9.17, 15) is 4.79 Å². The molecule has 0 radical (unpaired) electrons. The summed E-state index contributed by atoms with van der Waals surface area (Å²) in [5.41, 5.74) is 2.04. The van der Waals surface area contributed by atoms with Crippen LogP contribution in [0.25, 0.3) is 11.5 Å². The van der Waals surface area contributed by atoms with Crippen LogP contribution in [0.4, 0.5) is 0 Å². The molecule has 3 rings (SSSR count). The summed E-state index contributed by atoms with van der Waals surface area (Å²) >= 11 is 0. The van der Waals surface area contributed by atoms with Gasteiger partial charge in [0, 0.05) is 31.5 Å². The maximum absolute atomic E-state index is 12.0. The van der Waals surface area contributed by atoms with Gasteiger partial charge in [0.2, 0.25) is 17.7 Å². The Morgan fingerprint density at radius 1 is 1.24 bits per heavy atom. The van der Waals surface area contributed by atoms with Crippen molar-refractivity contribution in [3.63, 3.8) is 0 Å². The minimum absolute atomic E-state index is 0.183. The molecule has 0 atom stereocenters. The number of amides is 1. The SMILES string of the molecule is Cc1ccccc1-c1nnc(CCC(=O)N2CCCC2)o1. The molecule has 1 aliphatic heterocycles. The van der Waals surface area contributed by atoms with E-state index in [1.165, 1.54) is 0 Å². The van der Waals surface area contributed by atoms with E-state index in [1.54, 1.807) is 0 Å². The normalized spacial score (nSPS) is 14.6. The summed E-state index contributed by atoms with van der Waals surface area (Å²) in [7, 11) is 0. The molecule has 0 spiro atoms. The van der Waals surface area contributed by atoms with Crippen LogP contribution >= 0.6 is 0 Å². The Hall–Kier alpha value is -2.17. The highest BCUT2D eigenvalue weighted by molar-refractivity contribution is 5.76. The first-order valence-electron chi connectivity index (χ1n) is 7.40. The van der Waals surface area contributed by atoms with Gasteiger partial charge < -0.3 is 9.32 Å². The summed E-state index contributed by atoms with van der Waals surface area (Å²) < 4.78 is 5.67. The maximum Gasteiger partial charge on any atom is 0.247 e. The average Bonchev–Trinajstić information content (AvgIpc) is 3.17. The molecule has 110 valence electrons. The molecule has 1 aromatic carbocycles. The monoisotopic (exact) mass is 285 g/mol. The predicted molar refractivity (Wildman–Crippen MR) is 78.6 cm³/mol. The van der Waals surface area contributed by atoms with Crippen LogP contribution in [-0.4, -0.2) is 34.1 Å². The van der Waals surface area contributed by atoms with Gasteiger partial charge in [0.05, 0.1) is 0 Å². The highest BCUT2D eigenvalue weighted by Gasteiger charge is 2.18. The summed E-state index contributed by atoms with van der Waals surface area (Å²) in [6.07, 6.45) is 3.18. The van der Waals surface area contributed by atoms with E-state index in [0.29, 0.717) is 24.6 Å². The van der Waals surface area contributed by atoms with Gasteiger partial charge in [-0.1, -0.05) is 18.2 Å². The molecular weight excluding hydrogens is 266 g/mol. The van der Waals surface area contributed by atoms with Gasteiger partial charge in [-0.2, -0.15) is 0 Å². The molecule has 1 aromatic heterocycles. The molecule has 2 aromatic rings. The third-order valence-electron chi connectivity index (χ3n) is 3.85. The van der Waals surface area contributed by atoms with Gasteiger partial charge in [0.1, 0.15) is 0 Å². The molecule has 0 N–H and O–H groups in total. The highest BCUT2D eigenvalue weighted by Crippen LogP contribution is 2.22. The third-order valence-corrected chi connectivity index (χ3v) is 3.85. The molecule has 1 fully saturated rings. The van der Waals surface area contributed by atoms with Gasteiger partial charge in [-0.3, -0.25) is 4.79 Å². The van der Waals surface area contributed by atoms with E-state index in [0.717, 1.165) is 37.1 Å². The number of benzene rings is 1. The second-order valence-electron chi connectivity index (χ2n) is 5.40. The molecule has 0 saturated carbocycles. The second-order valence-corrected chi connectivity index (χ2v) is 5.40. The number of aryl methyl sites for hydroxylation is 2. The number of hydrogen-bond donors (Lipinski definition) is 0. The number of hydrogen-bond acceptors (Lipinski definition) is 4. The molecule has 5 heteroatoms. The number of aromatic nitrogens is 2. The zero-order chi connectivity index (χ0) is 14.7. The van der Waals surface area contributed by atoms with Crippen molar-refractivity contribution in [2.24, 2.45) is 0 Å². The predicted octanol–water partition coefficient (Wildman–Crippen LogP) is 2.60. The van der Waals surface area contributed by atoms with Gasteiger partial charge in [-0.15, -0.1) is 10.2 Å². The third kappa shape index (κ3) is 3.12. The maximum atomic E-state index is 12.0. The van der Waals surface area contributed by atoms with E-state index in [1.807, 2.05) is 36.1 Å². The van der Waals surface area contributed by atoms with Crippen LogP contribution in [0.15, 0.2) is 28.7 Å². The van der Waals surface area contributed by atoms with Crippen LogP contribution in [0, 0.1) is 6.92 Å². The van der Waals surface area contributed by atoms with Gasteiger partial charge in [-0.05, 0) is 31.4 Å². The standard InChI is InChI=1S/C16H19N3O2/c1-12-6-2-3-7-13(12)16-18-17-14(21-16)8-9-15(20)19-10-4-5-11-19/h2-3,6-7H,4-5,8-11H2,1H3. The first kappa shape index (κ1) is 13.8. The van der Waals surface area contributed by atoms with Crippen molar-refractivity contribution in [2.75, 3.05) is 13.1 Å². The number of carbonyl (C=O) groups is 1. The summed E-state index contributed by atoms with van der Waals surface area (Å²) in [6.45, 7) is 3.78. The molecule has 1 saturated heterocycles. The molecular formula is C16H19N3O2. The second kappa shape index (κ2) is 6.08. The van der Waals surface area contributed by atoms with E-state index >= 15 is 0 Å². The Balaban J connectivity index is 1.63. The fourth-order valence-corrected chi connectivity index (χ4v) is 2.61. The minimum Gasteiger partial charge on any atom is -0.421 e. The van der Waals surface area contributed by atoms with Crippen LogP contribution < -0.4 is 0 Å². The van der Waals surface area contributed by atoms with E-state index in [2.05, 4.69) is 10.2 Å².